The van der Waals surface area contributed by atoms with Crippen LogP contribution < -0.4 is 61.0 Å². The van der Waals surface area contributed by atoms with Gasteiger partial charge in [-0.25, -0.2) is 4.98 Å². The smallest absolute Gasteiger partial charge is 0.303 e. The van der Waals surface area contributed by atoms with Gasteiger partial charge < -0.3 is 91.5 Å². The average molecular weight is 1360 g/mol. The third-order valence-corrected chi connectivity index (χ3v) is 16.1. The first-order valence-electron chi connectivity index (χ1n) is 33.4. The molecule has 0 bridgehead atoms. The number of ketones is 5. The second-order valence-electron chi connectivity index (χ2n) is 24.4. The monoisotopic (exact) mass is 1360 g/mol. The number of aromatic nitrogens is 2. The lowest BCUT2D eigenvalue weighted by molar-refractivity contribution is -0.139. The van der Waals surface area contributed by atoms with Crippen LogP contribution in [0.3, 0.4) is 0 Å². The van der Waals surface area contributed by atoms with Crippen molar-refractivity contribution in [2.75, 3.05) is 33.4 Å². The number of H-pyrrole nitrogens is 1. The minimum atomic E-state index is -1.61. The predicted molar refractivity (Wildman–Crippen MR) is 358 cm³/mol. The fourth-order valence-corrected chi connectivity index (χ4v) is 10.4. The third-order valence-electron chi connectivity index (χ3n) is 16.1. The van der Waals surface area contributed by atoms with Crippen molar-refractivity contribution in [1.82, 2.24) is 36.6 Å². The highest BCUT2D eigenvalue weighted by molar-refractivity contribution is 5.97. The summed E-state index contributed by atoms with van der Waals surface area (Å²) in [5.74, 6) is -12.9. The lowest BCUT2D eigenvalue weighted by Crippen LogP contribution is -2.52. The first kappa shape index (κ1) is 88.2. The van der Waals surface area contributed by atoms with Crippen LogP contribution in [-0.4, -0.2) is 194 Å². The molecular formula is C64H113N15O17. The topological polar surface area (TPSA) is 576 Å². The van der Waals surface area contributed by atoms with Gasteiger partial charge in [-0.3, -0.25) is 67.5 Å². The molecule has 0 radical (unpaired) electrons. The lowest BCUT2D eigenvalue weighted by atomic mass is 9.90. The number of amides is 6. The Morgan fingerprint density at radius 2 is 1.00 bits per heavy atom. The number of nitrogens with one attached hydrogen (secondary N) is 6. The number of carboxylic acids is 1. The van der Waals surface area contributed by atoms with Crippen molar-refractivity contribution in [3.05, 3.63) is 18.2 Å². The molecule has 0 saturated heterocycles. The van der Waals surface area contributed by atoms with Gasteiger partial charge in [0.2, 0.25) is 35.4 Å². The number of carboxylic acid groups (broad SMARTS) is 1. The van der Waals surface area contributed by atoms with Gasteiger partial charge in [0.25, 0.3) is 0 Å². The molecule has 6 amide bonds. The number of nitrogens with two attached hydrogens (primary N) is 6. The number of aromatic amines is 1. The average Bonchev–Trinajstić information content (AvgIpc) is 0.956. The Morgan fingerprint density at radius 3 is 1.47 bits per heavy atom. The highest BCUT2D eigenvalue weighted by Gasteiger charge is 2.36. The molecule has 1 aromatic heterocycles. The van der Waals surface area contributed by atoms with Crippen LogP contribution in [-0.2, 0) is 64.0 Å². The van der Waals surface area contributed by atoms with E-state index in [0.29, 0.717) is 18.5 Å². The summed E-state index contributed by atoms with van der Waals surface area (Å²) < 4.78 is 0. The van der Waals surface area contributed by atoms with E-state index in [9.17, 15) is 78.0 Å². The van der Waals surface area contributed by atoms with Crippen molar-refractivity contribution in [2.24, 2.45) is 68.1 Å². The number of rotatable bonds is 56. The van der Waals surface area contributed by atoms with Crippen molar-refractivity contribution >= 4 is 82.2 Å². The molecule has 546 valence electrons. The highest BCUT2D eigenvalue weighted by Crippen LogP contribution is 2.20. The van der Waals surface area contributed by atoms with Gasteiger partial charge >= 0.3 is 5.97 Å². The van der Waals surface area contributed by atoms with Gasteiger partial charge in [0.05, 0.1) is 49.8 Å². The molecule has 1 heterocycles. The van der Waals surface area contributed by atoms with Gasteiger partial charge in [-0.05, 0) is 72.8 Å². The molecule has 32 nitrogen and oxygen atoms in total. The standard InChI is InChI=1S/C35H62N8O5.C29H51N7O12/c1-3-4-5-6-7-8-9-10-11-12-13-14-15-18-33(47)42-30(23-28-24-39-25-41-28)34(48)43-29(17-16-21-40-35(37)38)31(45)22-27(26(2)44)19-20-32(36)46;1-14(39)24(33-3)21(42)10-17(5-4-8-34-29(31)32)27(47)35-19(13-38)20(41)11-18(12-37)28(48)36-25(15(2)40)22(43)9-16(26(30)46)6-7-23(44)45/h24-25,27,29-30H,3-23H2,1-2H3,(H2,36,46)(H,39,41)(H,42,47)(H,43,48)(H4,37,38,40);14-19,24-25,33,37-40H,4-13H2,1-3H3,(H2,30,46)(H,35,47)(H,36,48)(H,44,45)(H4,31,32,34)/t27-,29+,30+;14-,15-,16-,17-,18+,19+,24+,25+/m11/s1. The van der Waals surface area contributed by atoms with E-state index in [0.717, 1.165) is 32.6 Å². The molecule has 23 N–H and O–H groups in total. The summed E-state index contributed by atoms with van der Waals surface area (Å²) in [6, 6.07) is -6.06. The summed E-state index contributed by atoms with van der Waals surface area (Å²) in [5, 5.41) is 61.6. The zero-order chi connectivity index (χ0) is 72.7. The quantitative estimate of drug-likeness (QED) is 0.0218. The molecule has 0 unspecified atom stereocenters. The van der Waals surface area contributed by atoms with Crippen LogP contribution in [0.2, 0.25) is 0 Å². The molecule has 1 rings (SSSR count). The van der Waals surface area contributed by atoms with E-state index in [1.54, 1.807) is 6.20 Å². The Balaban J connectivity index is 0.00000188. The Labute approximate surface area is 563 Å². The summed E-state index contributed by atoms with van der Waals surface area (Å²) in [7, 11) is 1.46. The molecule has 0 saturated carbocycles. The number of guanidine groups is 2. The highest BCUT2D eigenvalue weighted by atomic mass is 16.4. The minimum absolute atomic E-state index is 0.0312. The fourth-order valence-electron chi connectivity index (χ4n) is 10.4. The molecule has 0 aliphatic carbocycles. The number of hydrogen-bond donors (Lipinski definition) is 17. The Bertz CT molecular complexity index is 2600. The van der Waals surface area contributed by atoms with Crippen molar-refractivity contribution in [1.29, 1.82) is 0 Å². The SMILES string of the molecule is CCCCCCCCCCCCCCCC(=O)N[C@@H](Cc1cnc[nH]1)C(=O)N[C@@H](CCCN=C(N)N)C(=O)C[C@@H](CCC(N)=O)C(C)=O.CN[C@H](C(=O)C[C@@H](CCCN=C(N)N)C(=O)N[C@@H](CO)C(=O)C[C@@H](CO)C(=O)N[C@H](C(=O)C[C@@H](CCC(=O)O)C(N)=O)[C@@H](C)O)[C@@H](C)O. The number of unbranched alkanes of at least 4 members (excludes halogenated alkanes) is 12. The molecule has 0 spiro atoms. The number of imidazole rings is 1. The number of aliphatic imine (C=N–C) groups is 2. The van der Waals surface area contributed by atoms with Gasteiger partial charge in [0, 0.05) is 94.1 Å². The van der Waals surface area contributed by atoms with E-state index in [1.807, 2.05) is 0 Å². The molecule has 0 aromatic carbocycles. The summed E-state index contributed by atoms with van der Waals surface area (Å²) >= 11 is 0. The number of hydrogen-bond acceptors (Lipinski definition) is 20. The van der Waals surface area contributed by atoms with E-state index in [2.05, 4.69) is 53.5 Å². The molecular weight excluding hydrogens is 1250 g/mol. The summed E-state index contributed by atoms with van der Waals surface area (Å²) in [6.45, 7) is 4.69. The van der Waals surface area contributed by atoms with Crippen LogP contribution in [0.25, 0.3) is 0 Å². The second-order valence-corrected chi connectivity index (χ2v) is 24.4. The fraction of sp³-hybridized carbons (Fsp3) is 0.734. The van der Waals surface area contributed by atoms with Crippen molar-refractivity contribution in [3.63, 3.8) is 0 Å². The number of aliphatic carboxylic acids is 1. The van der Waals surface area contributed by atoms with Gasteiger partial charge in [-0.1, -0.05) is 84.0 Å². The first-order valence-corrected chi connectivity index (χ1v) is 33.4. The Morgan fingerprint density at radius 1 is 0.521 bits per heavy atom. The molecule has 11 atom stereocenters. The van der Waals surface area contributed by atoms with Crippen molar-refractivity contribution in [3.8, 4) is 0 Å². The maximum Gasteiger partial charge on any atom is 0.303 e. The zero-order valence-corrected chi connectivity index (χ0v) is 56.9. The number of nitrogens with zero attached hydrogens (tertiary/aromatic N) is 3. The Hall–Kier alpha value is -7.81. The van der Waals surface area contributed by atoms with Gasteiger partial charge in [0.15, 0.2) is 35.1 Å². The van der Waals surface area contributed by atoms with Crippen LogP contribution in [0.15, 0.2) is 22.5 Å². The molecule has 0 aliphatic rings. The van der Waals surface area contributed by atoms with Gasteiger partial charge in [-0.15, -0.1) is 0 Å². The van der Waals surface area contributed by atoms with Crippen LogP contribution in [0.5, 0.6) is 0 Å². The van der Waals surface area contributed by atoms with E-state index in [1.165, 1.54) is 85.0 Å². The lowest BCUT2D eigenvalue weighted by Gasteiger charge is -2.25. The summed E-state index contributed by atoms with van der Waals surface area (Å²) in [6.07, 6.45) is 15.1. The van der Waals surface area contributed by atoms with Crippen molar-refractivity contribution < 1.29 is 83.1 Å². The number of carbonyl (C=O) groups is 12. The van der Waals surface area contributed by atoms with E-state index < -0.39 is 151 Å². The van der Waals surface area contributed by atoms with E-state index >= 15 is 0 Å². The van der Waals surface area contributed by atoms with Crippen LogP contribution in [0, 0.1) is 23.7 Å². The molecule has 1 aromatic rings. The number of likely N-dealkylation sites (N-methyl/N-ethyl adjacent to an activating group) is 1. The molecule has 0 fully saturated rings. The van der Waals surface area contributed by atoms with Crippen LogP contribution >= 0.6 is 0 Å². The number of primary amides is 2. The number of Topliss-reactive ketones (excluding diaryl/α,β-unsaturated/α-hetero) is 5. The number of aliphatic hydroxyl groups excluding tert-OH is 4. The van der Waals surface area contributed by atoms with Crippen molar-refractivity contribution in [2.45, 2.75) is 243 Å². The van der Waals surface area contributed by atoms with Gasteiger partial charge in [0.1, 0.15) is 23.9 Å². The number of carbonyl (C=O) groups excluding carboxylic acids is 11. The molecule has 32 heteroatoms. The second kappa shape index (κ2) is 51.5. The molecule has 0 aliphatic heterocycles. The zero-order valence-electron chi connectivity index (χ0n) is 56.9. The number of aliphatic hydroxyl groups is 4. The predicted octanol–water partition coefficient (Wildman–Crippen LogP) is -0.693. The summed E-state index contributed by atoms with van der Waals surface area (Å²) in [4.78, 5) is 166. The largest absolute Gasteiger partial charge is 0.481 e. The maximum absolute atomic E-state index is 13.6. The molecule has 96 heavy (non-hydrogen) atoms. The maximum atomic E-state index is 13.6. The van der Waals surface area contributed by atoms with Crippen LogP contribution in [0.4, 0.5) is 0 Å². The Kier molecular flexibility index (Phi) is 47.3. The summed E-state index contributed by atoms with van der Waals surface area (Å²) in [5.41, 5.74) is 32.6. The van der Waals surface area contributed by atoms with Crippen LogP contribution in [0.1, 0.15) is 200 Å². The van der Waals surface area contributed by atoms with E-state index in [-0.39, 0.29) is 100 Å². The van der Waals surface area contributed by atoms with E-state index in [4.69, 9.17) is 39.5 Å². The normalized spacial score (nSPS) is 14.5. The first-order chi connectivity index (χ1) is 45.4. The third kappa shape index (κ3) is 40.6. The minimum Gasteiger partial charge on any atom is -0.481 e. The van der Waals surface area contributed by atoms with Gasteiger partial charge in [-0.2, -0.15) is 0 Å².